The molecule has 98 valence electrons. The lowest BCUT2D eigenvalue weighted by Gasteiger charge is -2.04. The number of nitrogens with one attached hydrogen (secondary N) is 1. The van der Waals surface area contributed by atoms with E-state index in [1.807, 2.05) is 0 Å². The molecule has 0 spiro atoms. The summed E-state index contributed by atoms with van der Waals surface area (Å²) in [4.78, 5) is 22.1. The van der Waals surface area contributed by atoms with Crippen LogP contribution in [0.25, 0.3) is 0 Å². The van der Waals surface area contributed by atoms with Crippen LogP contribution in [-0.2, 0) is 7.05 Å². The maximum absolute atomic E-state index is 11.8. The van der Waals surface area contributed by atoms with Crippen LogP contribution in [0.5, 0.6) is 0 Å². The van der Waals surface area contributed by atoms with Gasteiger partial charge < -0.3 is 5.32 Å². The van der Waals surface area contributed by atoms with E-state index in [1.165, 1.54) is 16.9 Å². The smallest absolute Gasteiger partial charge is 0.277 e. The molecule has 0 fully saturated rings. The predicted octanol–water partition coefficient (Wildman–Crippen LogP) is 1.28. The van der Waals surface area contributed by atoms with E-state index >= 15 is 0 Å². The van der Waals surface area contributed by atoms with Gasteiger partial charge in [-0.3, -0.25) is 19.6 Å². The van der Waals surface area contributed by atoms with Gasteiger partial charge in [0.05, 0.1) is 11.1 Å². The summed E-state index contributed by atoms with van der Waals surface area (Å²) in [5.74, 6) is -0.466. The van der Waals surface area contributed by atoms with Gasteiger partial charge in [0, 0.05) is 24.4 Å². The topological polar surface area (TPSA) is 103 Å². The molecule has 0 aliphatic heterocycles. The number of hydrogen-bond acceptors (Lipinski definition) is 5. The molecule has 0 saturated carbocycles. The zero-order valence-electron chi connectivity index (χ0n) is 10.3. The Morgan fingerprint density at radius 1 is 1.47 bits per heavy atom. The normalized spacial score (nSPS) is 10.2. The first kappa shape index (κ1) is 12.7. The fraction of sp³-hybridized carbons (Fsp3) is 0.182. The summed E-state index contributed by atoms with van der Waals surface area (Å²) in [7, 11) is 1.64. The molecule has 1 aromatic heterocycles. The van der Waals surface area contributed by atoms with Gasteiger partial charge in [0.25, 0.3) is 11.6 Å². The van der Waals surface area contributed by atoms with Crippen molar-refractivity contribution in [3.05, 3.63) is 45.8 Å². The van der Waals surface area contributed by atoms with Crippen molar-refractivity contribution >= 4 is 17.3 Å². The lowest BCUT2D eigenvalue weighted by Crippen LogP contribution is -2.12. The van der Waals surface area contributed by atoms with E-state index in [1.54, 1.807) is 26.1 Å². The number of aromatic nitrogens is 3. The van der Waals surface area contributed by atoms with Gasteiger partial charge in [0.1, 0.15) is 0 Å². The number of anilines is 1. The zero-order chi connectivity index (χ0) is 14.0. The summed E-state index contributed by atoms with van der Waals surface area (Å²) in [6.45, 7) is 1.63. The van der Waals surface area contributed by atoms with E-state index in [4.69, 9.17) is 0 Å². The molecule has 2 aromatic rings. The third-order valence-corrected chi connectivity index (χ3v) is 2.50. The van der Waals surface area contributed by atoms with Gasteiger partial charge >= 0.3 is 0 Å². The molecule has 0 bridgehead atoms. The summed E-state index contributed by atoms with van der Waals surface area (Å²) < 4.78 is 1.40. The zero-order valence-corrected chi connectivity index (χ0v) is 10.3. The molecule has 1 heterocycles. The van der Waals surface area contributed by atoms with E-state index < -0.39 is 10.8 Å². The van der Waals surface area contributed by atoms with Crippen molar-refractivity contribution in [2.24, 2.45) is 7.05 Å². The highest BCUT2D eigenvalue weighted by Crippen LogP contribution is 2.22. The van der Waals surface area contributed by atoms with Gasteiger partial charge in [0.2, 0.25) is 0 Å². The van der Waals surface area contributed by atoms with Crippen molar-refractivity contribution in [3.8, 4) is 0 Å². The number of hydrogen-bond donors (Lipinski definition) is 1. The Bertz CT molecular complexity index is 650. The van der Waals surface area contributed by atoms with Crippen LogP contribution in [-0.4, -0.2) is 25.8 Å². The molecule has 1 aromatic carbocycles. The first-order valence-electron chi connectivity index (χ1n) is 5.40. The number of nitro groups is 1. The maximum atomic E-state index is 11.8. The molecular weight excluding hydrogens is 250 g/mol. The molecule has 1 amide bonds. The van der Waals surface area contributed by atoms with E-state index in [0.717, 1.165) is 0 Å². The number of rotatable bonds is 3. The molecule has 8 nitrogen and oxygen atoms in total. The largest absolute Gasteiger partial charge is 0.320 e. The third kappa shape index (κ3) is 2.73. The second-order valence-corrected chi connectivity index (χ2v) is 3.99. The summed E-state index contributed by atoms with van der Waals surface area (Å²) in [6.07, 6.45) is 1.46. The van der Waals surface area contributed by atoms with Gasteiger partial charge in [-0.1, -0.05) is 11.3 Å². The number of nitrogens with zero attached hydrogens (tertiary/aromatic N) is 4. The Balaban J connectivity index is 2.22. The van der Waals surface area contributed by atoms with Crippen LogP contribution in [0.3, 0.4) is 0 Å². The van der Waals surface area contributed by atoms with E-state index in [9.17, 15) is 14.9 Å². The predicted molar refractivity (Wildman–Crippen MR) is 66.8 cm³/mol. The first-order valence-corrected chi connectivity index (χ1v) is 5.40. The van der Waals surface area contributed by atoms with E-state index in [2.05, 4.69) is 15.6 Å². The highest BCUT2D eigenvalue weighted by atomic mass is 16.6. The minimum absolute atomic E-state index is 0.0445. The van der Waals surface area contributed by atoms with E-state index in [-0.39, 0.29) is 11.4 Å². The molecule has 2 rings (SSSR count). The number of carbonyl (C=O) groups is 1. The Morgan fingerprint density at radius 3 is 2.79 bits per heavy atom. The van der Waals surface area contributed by atoms with Crippen LogP contribution in [0.1, 0.15) is 16.1 Å². The van der Waals surface area contributed by atoms with Gasteiger partial charge in [-0.05, 0) is 13.0 Å². The van der Waals surface area contributed by atoms with Crippen LogP contribution in [0.15, 0.2) is 24.4 Å². The molecule has 8 heteroatoms. The van der Waals surface area contributed by atoms with Crippen molar-refractivity contribution in [2.45, 2.75) is 6.92 Å². The second-order valence-electron chi connectivity index (χ2n) is 3.99. The van der Waals surface area contributed by atoms with Crippen molar-refractivity contribution in [1.29, 1.82) is 0 Å². The molecule has 0 saturated heterocycles. The highest BCUT2D eigenvalue weighted by Gasteiger charge is 2.14. The van der Waals surface area contributed by atoms with Gasteiger partial charge in [-0.25, -0.2) is 0 Å². The quantitative estimate of drug-likeness (QED) is 0.662. The van der Waals surface area contributed by atoms with Crippen LogP contribution >= 0.6 is 0 Å². The monoisotopic (exact) mass is 261 g/mol. The van der Waals surface area contributed by atoms with Crippen LogP contribution in [0, 0.1) is 17.0 Å². The molecule has 0 aliphatic rings. The molecule has 19 heavy (non-hydrogen) atoms. The summed E-state index contributed by atoms with van der Waals surface area (Å²) in [6, 6.07) is 4.48. The second kappa shape index (κ2) is 4.84. The molecule has 1 N–H and O–H groups in total. The maximum Gasteiger partial charge on any atom is 0.277 e. The van der Waals surface area contributed by atoms with Crippen molar-refractivity contribution in [1.82, 2.24) is 15.0 Å². The van der Waals surface area contributed by atoms with Crippen molar-refractivity contribution < 1.29 is 9.72 Å². The van der Waals surface area contributed by atoms with E-state index in [0.29, 0.717) is 11.3 Å². The van der Waals surface area contributed by atoms with Crippen molar-refractivity contribution in [3.63, 3.8) is 0 Å². The summed E-state index contributed by atoms with van der Waals surface area (Å²) in [5.41, 5.74) is 0.970. The van der Waals surface area contributed by atoms with Crippen molar-refractivity contribution in [2.75, 3.05) is 5.32 Å². The number of aryl methyl sites for hydroxylation is 2. The molecule has 0 unspecified atom stereocenters. The van der Waals surface area contributed by atoms with Crippen LogP contribution in [0.2, 0.25) is 0 Å². The Labute approximate surface area is 108 Å². The lowest BCUT2D eigenvalue weighted by molar-refractivity contribution is -0.385. The molecule has 0 radical (unpaired) electrons. The fourth-order valence-corrected chi connectivity index (χ4v) is 1.53. The molecule has 0 aliphatic carbocycles. The SMILES string of the molecule is Cc1ccc(NC(=O)c2cn(C)nn2)cc1[N+](=O)[O-]. The third-order valence-electron chi connectivity index (χ3n) is 2.50. The summed E-state index contributed by atoms with van der Waals surface area (Å²) in [5, 5.41) is 20.6. The number of nitro benzene ring substituents is 1. The number of benzene rings is 1. The molecular formula is C11H11N5O3. The Kier molecular flexibility index (Phi) is 3.23. The number of carbonyl (C=O) groups excluding carboxylic acids is 1. The number of amides is 1. The van der Waals surface area contributed by atoms with Gasteiger partial charge in [0.15, 0.2) is 5.69 Å². The minimum atomic E-state index is -0.493. The lowest BCUT2D eigenvalue weighted by atomic mass is 10.2. The van der Waals surface area contributed by atoms with Gasteiger partial charge in [-0.15, -0.1) is 5.10 Å². The Hall–Kier alpha value is -2.77. The Morgan fingerprint density at radius 2 is 2.21 bits per heavy atom. The van der Waals surface area contributed by atoms with Crippen LogP contribution < -0.4 is 5.32 Å². The molecule has 0 atom stereocenters. The minimum Gasteiger partial charge on any atom is -0.320 e. The average molecular weight is 261 g/mol. The first-order chi connectivity index (χ1) is 8.97. The average Bonchev–Trinajstić information content (AvgIpc) is 2.78. The van der Waals surface area contributed by atoms with Crippen LogP contribution in [0.4, 0.5) is 11.4 Å². The van der Waals surface area contributed by atoms with Gasteiger partial charge in [-0.2, -0.15) is 0 Å². The summed E-state index contributed by atoms with van der Waals surface area (Å²) >= 11 is 0. The highest BCUT2D eigenvalue weighted by molar-refractivity contribution is 6.02. The fourth-order valence-electron chi connectivity index (χ4n) is 1.53. The standard InChI is InChI=1S/C11H11N5O3/c1-7-3-4-8(5-10(7)16(18)19)12-11(17)9-6-15(2)14-13-9/h3-6H,1-2H3,(H,12,17).